The van der Waals surface area contributed by atoms with Crippen molar-refractivity contribution in [1.82, 2.24) is 4.90 Å². The summed E-state index contributed by atoms with van der Waals surface area (Å²) in [6.45, 7) is 5.31. The maximum atomic E-state index is 13.7. The van der Waals surface area contributed by atoms with Crippen LogP contribution in [0.15, 0.2) is 24.3 Å². The maximum absolute atomic E-state index is 13.7. The minimum Gasteiger partial charge on any atom is -0.389 e. The molecule has 112 valence electrons. The van der Waals surface area contributed by atoms with Gasteiger partial charge in [0, 0.05) is 24.7 Å². The summed E-state index contributed by atoms with van der Waals surface area (Å²) in [6, 6.07) is 7.32. The third-order valence-corrected chi connectivity index (χ3v) is 3.46. The molecule has 0 bridgehead atoms. The summed E-state index contributed by atoms with van der Waals surface area (Å²) >= 11 is 0. The molecule has 0 saturated heterocycles. The van der Waals surface area contributed by atoms with E-state index in [0.29, 0.717) is 31.3 Å². The van der Waals surface area contributed by atoms with Crippen LogP contribution in [0.5, 0.6) is 0 Å². The average molecular weight is 281 g/mol. The summed E-state index contributed by atoms with van der Waals surface area (Å²) < 4.78 is 19.1. The quantitative estimate of drug-likeness (QED) is 0.795. The Balaban J connectivity index is 1.89. The van der Waals surface area contributed by atoms with Crippen LogP contribution >= 0.6 is 0 Å². The first-order valence-corrected chi connectivity index (χ1v) is 7.33. The SMILES string of the molecule is CC(C)OC[C@@H](O)CN(Cc1ccccc1F)C1CC1. The molecule has 1 aliphatic rings. The summed E-state index contributed by atoms with van der Waals surface area (Å²) in [5.74, 6) is -0.175. The number of aliphatic hydroxyl groups excluding tert-OH is 1. The van der Waals surface area contributed by atoms with Gasteiger partial charge in [0.05, 0.1) is 18.8 Å². The third-order valence-electron chi connectivity index (χ3n) is 3.46. The Bertz CT molecular complexity index is 421. The van der Waals surface area contributed by atoms with Crippen LogP contribution < -0.4 is 0 Å². The van der Waals surface area contributed by atoms with E-state index >= 15 is 0 Å². The molecule has 0 radical (unpaired) electrons. The van der Waals surface area contributed by atoms with Gasteiger partial charge in [-0.25, -0.2) is 4.39 Å². The van der Waals surface area contributed by atoms with Crippen molar-refractivity contribution in [2.75, 3.05) is 13.2 Å². The van der Waals surface area contributed by atoms with Crippen molar-refractivity contribution in [1.29, 1.82) is 0 Å². The molecule has 1 saturated carbocycles. The molecule has 0 amide bonds. The molecular formula is C16H24FNO2. The zero-order chi connectivity index (χ0) is 14.5. The lowest BCUT2D eigenvalue weighted by atomic mass is 10.2. The summed E-state index contributed by atoms with van der Waals surface area (Å²) in [4.78, 5) is 2.16. The zero-order valence-electron chi connectivity index (χ0n) is 12.3. The largest absolute Gasteiger partial charge is 0.389 e. The van der Waals surface area contributed by atoms with E-state index in [4.69, 9.17) is 4.74 Å². The minimum atomic E-state index is -0.523. The number of nitrogens with zero attached hydrogens (tertiary/aromatic N) is 1. The molecule has 4 heteroatoms. The van der Waals surface area contributed by atoms with E-state index in [2.05, 4.69) is 4.90 Å². The summed E-state index contributed by atoms with van der Waals surface area (Å²) in [5, 5.41) is 10.0. The normalized spacial score (nSPS) is 16.9. The van der Waals surface area contributed by atoms with Crippen LogP contribution in [0.3, 0.4) is 0 Å². The lowest BCUT2D eigenvalue weighted by Crippen LogP contribution is -2.36. The number of halogens is 1. The van der Waals surface area contributed by atoms with Gasteiger partial charge in [-0.15, -0.1) is 0 Å². The highest BCUT2D eigenvalue weighted by molar-refractivity contribution is 5.17. The minimum absolute atomic E-state index is 0.116. The van der Waals surface area contributed by atoms with Gasteiger partial charge in [0.1, 0.15) is 5.82 Å². The van der Waals surface area contributed by atoms with E-state index in [0.717, 1.165) is 12.8 Å². The van der Waals surface area contributed by atoms with Gasteiger partial charge in [0.2, 0.25) is 0 Å². The van der Waals surface area contributed by atoms with E-state index < -0.39 is 6.10 Å². The summed E-state index contributed by atoms with van der Waals surface area (Å²) in [7, 11) is 0. The second-order valence-corrected chi connectivity index (χ2v) is 5.79. The number of ether oxygens (including phenoxy) is 1. The van der Waals surface area contributed by atoms with Gasteiger partial charge >= 0.3 is 0 Å². The summed E-state index contributed by atoms with van der Waals surface area (Å²) in [6.07, 6.45) is 1.86. The molecule has 1 N–H and O–H groups in total. The van der Waals surface area contributed by atoms with Crippen LogP contribution in [0.4, 0.5) is 4.39 Å². The first kappa shape index (κ1) is 15.4. The maximum Gasteiger partial charge on any atom is 0.127 e. The standard InChI is InChI=1S/C16H24FNO2/c1-12(2)20-11-15(19)10-18(14-7-8-14)9-13-5-3-4-6-16(13)17/h3-6,12,14-15,19H,7-11H2,1-2H3/t15-/m0/s1. The Labute approximate surface area is 120 Å². The number of aliphatic hydroxyl groups is 1. The topological polar surface area (TPSA) is 32.7 Å². The zero-order valence-corrected chi connectivity index (χ0v) is 12.3. The third kappa shape index (κ3) is 4.85. The number of hydrogen-bond donors (Lipinski definition) is 1. The van der Waals surface area contributed by atoms with Crippen molar-refractivity contribution >= 4 is 0 Å². The van der Waals surface area contributed by atoms with Crippen molar-refractivity contribution < 1.29 is 14.2 Å². The van der Waals surface area contributed by atoms with Crippen LogP contribution in [-0.2, 0) is 11.3 Å². The Kier molecular flexibility index (Phi) is 5.52. The van der Waals surface area contributed by atoms with Crippen molar-refractivity contribution in [3.63, 3.8) is 0 Å². The van der Waals surface area contributed by atoms with Crippen molar-refractivity contribution in [2.45, 2.75) is 51.5 Å². The molecule has 1 atom stereocenters. The molecule has 2 rings (SSSR count). The fraction of sp³-hybridized carbons (Fsp3) is 0.625. The number of rotatable bonds is 8. The van der Waals surface area contributed by atoms with E-state index in [9.17, 15) is 9.50 Å². The van der Waals surface area contributed by atoms with Crippen LogP contribution in [-0.4, -0.2) is 41.4 Å². The molecule has 0 spiro atoms. The van der Waals surface area contributed by atoms with Crippen LogP contribution in [0, 0.1) is 5.82 Å². The average Bonchev–Trinajstić information content (AvgIpc) is 3.22. The first-order chi connectivity index (χ1) is 9.56. The van der Waals surface area contributed by atoms with Crippen LogP contribution in [0.25, 0.3) is 0 Å². The number of hydrogen-bond acceptors (Lipinski definition) is 3. The fourth-order valence-electron chi connectivity index (χ4n) is 2.25. The number of benzene rings is 1. The predicted molar refractivity (Wildman–Crippen MR) is 76.9 cm³/mol. The molecule has 1 aliphatic carbocycles. The lowest BCUT2D eigenvalue weighted by molar-refractivity contribution is -0.0108. The highest BCUT2D eigenvalue weighted by Crippen LogP contribution is 2.28. The monoisotopic (exact) mass is 281 g/mol. The first-order valence-electron chi connectivity index (χ1n) is 7.33. The second-order valence-electron chi connectivity index (χ2n) is 5.79. The molecule has 1 aromatic rings. The van der Waals surface area contributed by atoms with Crippen molar-refractivity contribution in [3.8, 4) is 0 Å². The van der Waals surface area contributed by atoms with Gasteiger partial charge in [0.15, 0.2) is 0 Å². The molecule has 0 aromatic heterocycles. The van der Waals surface area contributed by atoms with Crippen LogP contribution in [0.1, 0.15) is 32.3 Å². The molecule has 0 aliphatic heterocycles. The summed E-state index contributed by atoms with van der Waals surface area (Å²) in [5.41, 5.74) is 0.691. The van der Waals surface area contributed by atoms with Gasteiger partial charge in [-0.05, 0) is 32.8 Å². The van der Waals surface area contributed by atoms with E-state index in [1.807, 2.05) is 26.0 Å². The van der Waals surface area contributed by atoms with Crippen LogP contribution in [0.2, 0.25) is 0 Å². The molecule has 1 fully saturated rings. The Morgan fingerprint density at radius 2 is 2.05 bits per heavy atom. The molecular weight excluding hydrogens is 257 g/mol. The van der Waals surface area contributed by atoms with Gasteiger partial charge in [-0.1, -0.05) is 18.2 Å². The highest BCUT2D eigenvalue weighted by atomic mass is 19.1. The van der Waals surface area contributed by atoms with E-state index in [1.165, 1.54) is 6.07 Å². The molecule has 0 unspecified atom stereocenters. The lowest BCUT2D eigenvalue weighted by Gasteiger charge is -2.25. The molecule has 3 nitrogen and oxygen atoms in total. The second kappa shape index (κ2) is 7.16. The Hall–Kier alpha value is -0.970. The Morgan fingerprint density at radius 3 is 2.65 bits per heavy atom. The Morgan fingerprint density at radius 1 is 1.35 bits per heavy atom. The van der Waals surface area contributed by atoms with E-state index in [-0.39, 0.29) is 11.9 Å². The fourth-order valence-corrected chi connectivity index (χ4v) is 2.25. The van der Waals surface area contributed by atoms with E-state index in [1.54, 1.807) is 6.07 Å². The van der Waals surface area contributed by atoms with Gasteiger partial charge in [0.25, 0.3) is 0 Å². The van der Waals surface area contributed by atoms with Crippen molar-refractivity contribution in [3.05, 3.63) is 35.6 Å². The molecule has 1 aromatic carbocycles. The molecule has 20 heavy (non-hydrogen) atoms. The predicted octanol–water partition coefficient (Wildman–Crippen LogP) is 2.58. The smallest absolute Gasteiger partial charge is 0.127 e. The highest BCUT2D eigenvalue weighted by Gasteiger charge is 2.30. The van der Waals surface area contributed by atoms with Gasteiger partial charge < -0.3 is 9.84 Å². The molecule has 0 heterocycles. The van der Waals surface area contributed by atoms with Gasteiger partial charge in [-0.2, -0.15) is 0 Å². The van der Waals surface area contributed by atoms with Gasteiger partial charge in [-0.3, -0.25) is 4.90 Å². The van der Waals surface area contributed by atoms with Crippen molar-refractivity contribution in [2.24, 2.45) is 0 Å².